The van der Waals surface area contributed by atoms with Crippen LogP contribution in [0.1, 0.15) is 50.0 Å². The Morgan fingerprint density at radius 2 is 1.57 bits per heavy atom. The lowest BCUT2D eigenvalue weighted by Crippen LogP contribution is -2.40. The molecule has 1 aromatic heterocycles. The van der Waals surface area contributed by atoms with Crippen LogP contribution in [0.3, 0.4) is 0 Å². The minimum atomic E-state index is -1.16. The summed E-state index contributed by atoms with van der Waals surface area (Å²) in [6.07, 6.45) is 0.532. The van der Waals surface area contributed by atoms with E-state index >= 15 is 0 Å². The fourth-order valence-corrected chi connectivity index (χ4v) is 4.92. The molecule has 0 radical (unpaired) electrons. The second-order valence-electron chi connectivity index (χ2n) is 8.01. The highest BCUT2D eigenvalue weighted by molar-refractivity contribution is 7.14. The van der Waals surface area contributed by atoms with Gasteiger partial charge in [0.25, 0.3) is 5.91 Å². The fraction of sp³-hybridized carbons (Fsp3) is 0.240. The van der Waals surface area contributed by atoms with Gasteiger partial charge >= 0.3 is 5.97 Å². The molecule has 3 rings (SSSR count). The van der Waals surface area contributed by atoms with Crippen molar-refractivity contribution in [1.82, 2.24) is 5.32 Å². The van der Waals surface area contributed by atoms with Gasteiger partial charge in [0.05, 0.1) is 4.88 Å². The summed E-state index contributed by atoms with van der Waals surface area (Å²) in [6, 6.07) is 12.7. The number of guanidine groups is 1. The van der Waals surface area contributed by atoms with Crippen molar-refractivity contribution in [2.75, 3.05) is 6.54 Å². The van der Waals surface area contributed by atoms with Crippen LogP contribution in [-0.4, -0.2) is 35.5 Å². The van der Waals surface area contributed by atoms with E-state index in [-0.39, 0.29) is 36.5 Å². The number of halogens is 2. The molecular formula is C25H26F2N4O3S. The number of hydrogen-bond donors (Lipinski definition) is 4. The van der Waals surface area contributed by atoms with Crippen molar-refractivity contribution in [2.45, 2.75) is 31.7 Å². The molecule has 0 aliphatic carbocycles. The Morgan fingerprint density at radius 3 is 2.06 bits per heavy atom. The van der Waals surface area contributed by atoms with E-state index in [1.54, 1.807) is 31.2 Å². The zero-order valence-electron chi connectivity index (χ0n) is 19.0. The first-order chi connectivity index (χ1) is 16.7. The maximum absolute atomic E-state index is 13.6. The van der Waals surface area contributed by atoms with E-state index in [0.717, 1.165) is 16.0 Å². The number of carboxylic acids is 1. The average molecular weight is 501 g/mol. The monoisotopic (exact) mass is 500 g/mol. The van der Waals surface area contributed by atoms with Crippen molar-refractivity contribution in [3.63, 3.8) is 0 Å². The van der Waals surface area contributed by atoms with Gasteiger partial charge in [-0.25, -0.2) is 13.6 Å². The highest BCUT2D eigenvalue weighted by atomic mass is 32.1. The molecule has 10 heteroatoms. The van der Waals surface area contributed by atoms with Crippen molar-refractivity contribution in [3.05, 3.63) is 92.7 Å². The molecule has 0 spiro atoms. The number of nitrogens with two attached hydrogens (primary N) is 2. The summed E-state index contributed by atoms with van der Waals surface area (Å²) in [6.45, 7) is 2.01. The van der Waals surface area contributed by atoms with Gasteiger partial charge in [-0.1, -0.05) is 24.3 Å². The van der Waals surface area contributed by atoms with E-state index in [9.17, 15) is 23.5 Å². The first-order valence-electron chi connectivity index (χ1n) is 10.9. The van der Waals surface area contributed by atoms with Crippen molar-refractivity contribution < 1.29 is 23.5 Å². The Bertz CT molecular complexity index is 1160. The van der Waals surface area contributed by atoms with Crippen LogP contribution < -0.4 is 16.8 Å². The number of rotatable bonds is 10. The Balaban J connectivity index is 1.87. The molecule has 1 amide bonds. The highest BCUT2D eigenvalue weighted by Crippen LogP contribution is 2.38. The molecule has 35 heavy (non-hydrogen) atoms. The molecule has 7 nitrogen and oxygen atoms in total. The predicted molar refractivity (Wildman–Crippen MR) is 132 cm³/mol. The van der Waals surface area contributed by atoms with Crippen molar-refractivity contribution in [1.29, 1.82) is 0 Å². The predicted octanol–water partition coefficient (Wildman–Crippen LogP) is 3.75. The molecule has 3 aromatic rings. The molecule has 6 N–H and O–H groups in total. The van der Waals surface area contributed by atoms with E-state index in [1.165, 1.54) is 35.6 Å². The van der Waals surface area contributed by atoms with Crippen LogP contribution in [0.25, 0.3) is 0 Å². The second kappa shape index (κ2) is 11.6. The number of aliphatic imine (C=N–C) groups is 1. The fourth-order valence-electron chi connectivity index (χ4n) is 3.69. The van der Waals surface area contributed by atoms with Crippen LogP contribution in [0, 0.1) is 18.6 Å². The third kappa shape index (κ3) is 6.86. The summed E-state index contributed by atoms with van der Waals surface area (Å²) in [7, 11) is 0. The summed E-state index contributed by atoms with van der Waals surface area (Å²) in [5.74, 6) is -2.88. The highest BCUT2D eigenvalue weighted by Gasteiger charge is 2.25. The summed E-state index contributed by atoms with van der Waals surface area (Å²) in [5, 5.41) is 12.1. The van der Waals surface area contributed by atoms with Gasteiger partial charge in [0.1, 0.15) is 17.7 Å². The quantitative estimate of drug-likeness (QED) is 0.191. The number of nitrogens with one attached hydrogen (secondary N) is 1. The lowest BCUT2D eigenvalue weighted by atomic mass is 9.89. The molecule has 1 heterocycles. The van der Waals surface area contributed by atoms with Crippen molar-refractivity contribution >= 4 is 29.2 Å². The van der Waals surface area contributed by atoms with E-state index in [1.807, 2.05) is 6.07 Å². The van der Waals surface area contributed by atoms with E-state index in [4.69, 9.17) is 11.5 Å². The van der Waals surface area contributed by atoms with Crippen LogP contribution in [-0.2, 0) is 4.79 Å². The summed E-state index contributed by atoms with van der Waals surface area (Å²) >= 11 is 1.21. The maximum Gasteiger partial charge on any atom is 0.326 e. The van der Waals surface area contributed by atoms with Gasteiger partial charge in [0.2, 0.25) is 0 Å². The molecule has 0 bridgehead atoms. The topological polar surface area (TPSA) is 131 Å². The molecule has 184 valence electrons. The third-order valence-electron chi connectivity index (χ3n) is 5.38. The smallest absolute Gasteiger partial charge is 0.326 e. The van der Waals surface area contributed by atoms with Gasteiger partial charge < -0.3 is 21.9 Å². The van der Waals surface area contributed by atoms with Crippen LogP contribution in [0.5, 0.6) is 0 Å². The van der Waals surface area contributed by atoms with Crippen molar-refractivity contribution in [3.8, 4) is 0 Å². The number of aryl methyl sites for hydroxylation is 1. The molecule has 1 atom stereocenters. The van der Waals surface area contributed by atoms with Gasteiger partial charge in [-0.05, 0) is 66.8 Å². The number of amides is 1. The lowest BCUT2D eigenvalue weighted by molar-refractivity contribution is -0.139. The summed E-state index contributed by atoms with van der Waals surface area (Å²) in [5.41, 5.74) is 12.8. The zero-order chi connectivity index (χ0) is 25.5. The number of hydrogen-bond acceptors (Lipinski definition) is 4. The van der Waals surface area contributed by atoms with Crippen LogP contribution >= 0.6 is 11.3 Å². The van der Waals surface area contributed by atoms with E-state index in [2.05, 4.69) is 10.3 Å². The number of aliphatic carboxylic acids is 1. The first kappa shape index (κ1) is 25.8. The zero-order valence-corrected chi connectivity index (χ0v) is 19.8. The minimum absolute atomic E-state index is 0.0838. The number of carbonyl (C=O) groups excluding carboxylic acids is 1. The largest absolute Gasteiger partial charge is 0.480 e. The standard InChI is InChI=1S/C25H26F2N4O3S/c1-14-13-20(21(15-4-8-17(26)9-5-15)16-6-10-18(27)11-7-16)35-22(14)23(32)31-19(24(33)34)3-2-12-30-25(28)29/h4-11,13,19,21H,2-3,12H2,1H3,(H,31,32)(H,33,34)(H4,28,29,30)/t19-/m0/s1. The Labute approximate surface area is 205 Å². The number of benzene rings is 2. The molecule has 0 aliphatic heterocycles. The number of carbonyl (C=O) groups is 2. The second-order valence-corrected chi connectivity index (χ2v) is 9.09. The third-order valence-corrected chi connectivity index (χ3v) is 6.68. The van der Waals surface area contributed by atoms with Gasteiger partial charge in [-0.2, -0.15) is 0 Å². The van der Waals surface area contributed by atoms with E-state index in [0.29, 0.717) is 16.9 Å². The Kier molecular flexibility index (Phi) is 8.53. The van der Waals surface area contributed by atoms with Crippen LogP contribution in [0.15, 0.2) is 59.6 Å². The molecule has 0 unspecified atom stereocenters. The normalized spacial score (nSPS) is 11.8. The van der Waals surface area contributed by atoms with E-state index < -0.39 is 17.9 Å². The average Bonchev–Trinajstić information content (AvgIpc) is 3.19. The summed E-state index contributed by atoms with van der Waals surface area (Å²) < 4.78 is 27.1. The van der Waals surface area contributed by atoms with Gasteiger partial charge in [-0.15, -0.1) is 11.3 Å². The SMILES string of the molecule is Cc1cc(C(c2ccc(F)cc2)c2ccc(F)cc2)sc1C(=O)N[C@@H](CCCN=C(N)N)C(=O)O. The minimum Gasteiger partial charge on any atom is -0.480 e. The number of thiophene rings is 1. The molecule has 2 aromatic carbocycles. The Morgan fingerprint density at radius 1 is 1.03 bits per heavy atom. The lowest BCUT2D eigenvalue weighted by Gasteiger charge is -2.17. The number of carboxylic acid groups (broad SMARTS) is 1. The molecule has 0 saturated heterocycles. The Hall–Kier alpha value is -3.79. The van der Waals surface area contributed by atoms with Gasteiger partial charge in [0, 0.05) is 17.3 Å². The van der Waals surface area contributed by atoms with Gasteiger partial charge in [0.15, 0.2) is 5.96 Å². The first-order valence-corrected chi connectivity index (χ1v) is 11.7. The number of nitrogens with zero attached hydrogens (tertiary/aromatic N) is 1. The molecule has 0 fully saturated rings. The molecular weight excluding hydrogens is 474 g/mol. The summed E-state index contributed by atoms with van der Waals surface area (Å²) in [4.78, 5) is 29.6. The van der Waals surface area contributed by atoms with Crippen LogP contribution in [0.4, 0.5) is 8.78 Å². The molecule has 0 aliphatic rings. The van der Waals surface area contributed by atoms with Crippen LogP contribution in [0.2, 0.25) is 0 Å². The molecule has 0 saturated carbocycles. The maximum atomic E-state index is 13.6. The van der Waals surface area contributed by atoms with Gasteiger partial charge in [-0.3, -0.25) is 9.79 Å². The van der Waals surface area contributed by atoms with Crippen molar-refractivity contribution in [2.24, 2.45) is 16.5 Å².